The molecule has 1 aliphatic rings. The van der Waals surface area contributed by atoms with Crippen LogP contribution in [0.3, 0.4) is 0 Å². The lowest BCUT2D eigenvalue weighted by Gasteiger charge is -2.37. The first-order valence-corrected chi connectivity index (χ1v) is 7.43. The highest BCUT2D eigenvalue weighted by Crippen LogP contribution is 2.29. The molecule has 2 rings (SSSR count). The van der Waals surface area contributed by atoms with Gasteiger partial charge in [0.05, 0.1) is 11.0 Å². The van der Waals surface area contributed by atoms with Gasteiger partial charge in [-0.1, -0.05) is 6.92 Å². The van der Waals surface area contributed by atoms with Gasteiger partial charge in [-0.3, -0.25) is 14.9 Å². The number of nitro groups is 1. The minimum atomic E-state index is -1.34. The second-order valence-corrected chi connectivity index (χ2v) is 6.34. The van der Waals surface area contributed by atoms with Crippen molar-refractivity contribution in [1.29, 1.82) is 0 Å². The van der Waals surface area contributed by atoms with E-state index in [4.69, 9.17) is 0 Å². The fourth-order valence-electron chi connectivity index (χ4n) is 2.23. The van der Waals surface area contributed by atoms with Gasteiger partial charge in [0.15, 0.2) is 11.6 Å². The molecular weight excluding hydrogens is 302 g/mol. The molecule has 21 heavy (non-hydrogen) atoms. The lowest BCUT2D eigenvalue weighted by molar-refractivity contribution is -0.385. The third-order valence-electron chi connectivity index (χ3n) is 3.61. The van der Waals surface area contributed by atoms with Crippen LogP contribution in [0.2, 0.25) is 0 Å². The van der Waals surface area contributed by atoms with Crippen molar-refractivity contribution in [3.63, 3.8) is 0 Å². The molecule has 0 N–H and O–H groups in total. The highest BCUT2D eigenvalue weighted by molar-refractivity contribution is 8.00. The highest BCUT2D eigenvalue weighted by Gasteiger charge is 2.33. The molecule has 1 saturated heterocycles. The molecule has 1 heterocycles. The smallest absolute Gasteiger partial charge is 0.285 e. The summed E-state index contributed by atoms with van der Waals surface area (Å²) in [6.45, 7) is 4.21. The quantitative estimate of drug-likeness (QED) is 0.622. The summed E-state index contributed by atoms with van der Waals surface area (Å²) in [6, 6.07) is 0.925. The lowest BCUT2D eigenvalue weighted by Crippen LogP contribution is -2.48. The molecule has 1 aromatic rings. The van der Waals surface area contributed by atoms with Crippen LogP contribution in [0.15, 0.2) is 12.1 Å². The molecule has 0 aliphatic carbocycles. The summed E-state index contributed by atoms with van der Waals surface area (Å²) in [5.41, 5.74) is -1.12. The molecule has 0 aromatic heterocycles. The van der Waals surface area contributed by atoms with E-state index in [1.807, 2.05) is 13.8 Å². The SMILES string of the molecule is CC1SCCN(C(=O)c2cc(F)c(F)cc2[N+](=O)[O-])C1C. The first-order chi connectivity index (χ1) is 9.82. The summed E-state index contributed by atoms with van der Waals surface area (Å²) >= 11 is 1.70. The van der Waals surface area contributed by atoms with Crippen LogP contribution < -0.4 is 0 Å². The zero-order valence-electron chi connectivity index (χ0n) is 11.5. The number of nitrogens with zero attached hydrogens (tertiary/aromatic N) is 2. The van der Waals surface area contributed by atoms with E-state index in [2.05, 4.69) is 0 Å². The third-order valence-corrected chi connectivity index (χ3v) is 4.95. The lowest BCUT2D eigenvalue weighted by atomic mass is 10.1. The van der Waals surface area contributed by atoms with Crippen LogP contribution in [0.4, 0.5) is 14.5 Å². The first kappa shape index (κ1) is 15.7. The predicted molar refractivity (Wildman–Crippen MR) is 75.4 cm³/mol. The summed E-state index contributed by atoms with van der Waals surface area (Å²) in [4.78, 5) is 24.0. The van der Waals surface area contributed by atoms with Crippen molar-refractivity contribution < 1.29 is 18.5 Å². The maximum absolute atomic E-state index is 13.4. The summed E-state index contributed by atoms with van der Waals surface area (Å²) in [5.74, 6) is -2.54. The van der Waals surface area contributed by atoms with Crippen molar-refractivity contribution in [3.05, 3.63) is 39.4 Å². The zero-order chi connectivity index (χ0) is 15.7. The molecule has 2 unspecified atom stereocenters. The molecule has 2 atom stereocenters. The van der Waals surface area contributed by atoms with Crippen LogP contribution in [0.5, 0.6) is 0 Å². The van der Waals surface area contributed by atoms with Crippen molar-refractivity contribution in [2.75, 3.05) is 12.3 Å². The average molecular weight is 316 g/mol. The number of rotatable bonds is 2. The van der Waals surface area contributed by atoms with Gasteiger partial charge in [-0.15, -0.1) is 0 Å². The molecule has 0 radical (unpaired) electrons. The van der Waals surface area contributed by atoms with Crippen LogP contribution in [-0.2, 0) is 0 Å². The Morgan fingerprint density at radius 3 is 2.62 bits per heavy atom. The molecule has 1 fully saturated rings. The molecule has 1 aliphatic heterocycles. The van der Waals surface area contributed by atoms with Gasteiger partial charge in [-0.05, 0) is 13.0 Å². The van der Waals surface area contributed by atoms with Crippen molar-refractivity contribution >= 4 is 23.4 Å². The van der Waals surface area contributed by atoms with Gasteiger partial charge in [0.2, 0.25) is 0 Å². The fourth-order valence-corrected chi connectivity index (χ4v) is 3.33. The Morgan fingerprint density at radius 1 is 1.38 bits per heavy atom. The van der Waals surface area contributed by atoms with Gasteiger partial charge in [0, 0.05) is 23.6 Å². The van der Waals surface area contributed by atoms with Gasteiger partial charge in [0.25, 0.3) is 11.6 Å². The Balaban J connectivity index is 2.43. The number of hydrogen-bond donors (Lipinski definition) is 0. The number of hydrogen-bond acceptors (Lipinski definition) is 4. The monoisotopic (exact) mass is 316 g/mol. The fraction of sp³-hybridized carbons (Fsp3) is 0.462. The number of thioether (sulfide) groups is 1. The van der Waals surface area contributed by atoms with Crippen LogP contribution in [0.25, 0.3) is 0 Å². The summed E-state index contributed by atoms with van der Waals surface area (Å²) < 4.78 is 26.5. The summed E-state index contributed by atoms with van der Waals surface area (Å²) in [5, 5.41) is 11.1. The molecule has 1 aromatic carbocycles. The number of benzene rings is 1. The van der Waals surface area contributed by atoms with E-state index in [0.29, 0.717) is 24.4 Å². The molecule has 0 saturated carbocycles. The highest BCUT2D eigenvalue weighted by atomic mass is 32.2. The van der Waals surface area contributed by atoms with Gasteiger partial charge in [0.1, 0.15) is 5.56 Å². The predicted octanol–water partition coefficient (Wildman–Crippen LogP) is 2.84. The molecule has 0 bridgehead atoms. The number of amides is 1. The normalized spacial score (nSPS) is 22.2. The Bertz CT molecular complexity index is 597. The zero-order valence-corrected chi connectivity index (χ0v) is 12.3. The van der Waals surface area contributed by atoms with E-state index in [0.717, 1.165) is 0 Å². The molecule has 1 amide bonds. The average Bonchev–Trinajstić information content (AvgIpc) is 2.43. The number of carbonyl (C=O) groups excluding carboxylic acids is 1. The molecule has 5 nitrogen and oxygen atoms in total. The molecular formula is C13H14F2N2O3S. The Morgan fingerprint density at radius 2 is 2.00 bits per heavy atom. The number of nitro benzene ring substituents is 1. The third kappa shape index (κ3) is 2.99. The van der Waals surface area contributed by atoms with E-state index in [1.165, 1.54) is 4.90 Å². The van der Waals surface area contributed by atoms with E-state index < -0.39 is 33.7 Å². The topological polar surface area (TPSA) is 63.5 Å². The summed E-state index contributed by atoms with van der Waals surface area (Å²) in [6.07, 6.45) is 0. The Kier molecular flexibility index (Phi) is 4.46. The number of carbonyl (C=O) groups is 1. The van der Waals surface area contributed by atoms with Gasteiger partial charge in [-0.2, -0.15) is 11.8 Å². The van der Waals surface area contributed by atoms with Gasteiger partial charge in [-0.25, -0.2) is 8.78 Å². The van der Waals surface area contributed by atoms with Crippen molar-refractivity contribution in [3.8, 4) is 0 Å². The standard InChI is InChI=1S/C13H14F2N2O3S/c1-7-8(2)21-4-3-16(7)13(18)9-5-10(14)11(15)6-12(9)17(19)20/h5-8H,3-4H2,1-2H3. The van der Waals surface area contributed by atoms with Crippen LogP contribution >= 0.6 is 11.8 Å². The Hall–Kier alpha value is -1.70. The van der Waals surface area contributed by atoms with Crippen molar-refractivity contribution in [2.24, 2.45) is 0 Å². The van der Waals surface area contributed by atoms with E-state index in [1.54, 1.807) is 11.8 Å². The van der Waals surface area contributed by atoms with Crippen LogP contribution in [-0.4, -0.2) is 39.3 Å². The first-order valence-electron chi connectivity index (χ1n) is 6.39. The molecule has 8 heteroatoms. The minimum absolute atomic E-state index is 0.135. The van der Waals surface area contributed by atoms with Crippen molar-refractivity contribution in [1.82, 2.24) is 4.90 Å². The molecule has 0 spiro atoms. The molecule has 114 valence electrons. The van der Waals surface area contributed by atoms with Crippen LogP contribution in [0.1, 0.15) is 24.2 Å². The van der Waals surface area contributed by atoms with E-state index >= 15 is 0 Å². The van der Waals surface area contributed by atoms with E-state index in [9.17, 15) is 23.7 Å². The maximum atomic E-state index is 13.4. The van der Waals surface area contributed by atoms with Gasteiger partial charge >= 0.3 is 0 Å². The largest absolute Gasteiger partial charge is 0.334 e. The number of halogens is 2. The summed E-state index contributed by atoms with van der Waals surface area (Å²) in [7, 11) is 0. The van der Waals surface area contributed by atoms with E-state index in [-0.39, 0.29) is 11.3 Å². The second-order valence-electron chi connectivity index (χ2n) is 4.86. The van der Waals surface area contributed by atoms with Crippen molar-refractivity contribution in [2.45, 2.75) is 25.1 Å². The minimum Gasteiger partial charge on any atom is -0.334 e. The van der Waals surface area contributed by atoms with Crippen LogP contribution in [0, 0.1) is 21.7 Å². The maximum Gasteiger partial charge on any atom is 0.285 e. The van der Waals surface area contributed by atoms with Gasteiger partial charge < -0.3 is 4.90 Å². The second kappa shape index (κ2) is 5.97. The Labute approximate surface area is 124 Å².